The third kappa shape index (κ3) is 2.28. The molecule has 1 aromatic heterocycles. The van der Waals surface area contributed by atoms with Gasteiger partial charge in [0.1, 0.15) is 0 Å². The van der Waals surface area contributed by atoms with Gasteiger partial charge in [0.15, 0.2) is 5.78 Å². The zero-order valence-electron chi connectivity index (χ0n) is 12.4. The molecule has 5 heteroatoms. The van der Waals surface area contributed by atoms with E-state index in [1.54, 1.807) is 0 Å². The van der Waals surface area contributed by atoms with E-state index in [1.165, 1.54) is 24.2 Å². The zero-order valence-corrected chi connectivity index (χ0v) is 14.8. The molecule has 3 nitrogen and oxygen atoms in total. The lowest BCUT2D eigenvalue weighted by Gasteiger charge is -2.59. The first kappa shape index (κ1) is 14.9. The normalized spacial score (nSPS) is 39.1. The number of amides is 1. The van der Waals surface area contributed by atoms with E-state index < -0.39 is 0 Å². The molecule has 4 fully saturated rings. The quantitative estimate of drug-likeness (QED) is 0.800. The Balaban J connectivity index is 1.53. The Labute approximate surface area is 142 Å². The van der Waals surface area contributed by atoms with Gasteiger partial charge in [-0.3, -0.25) is 9.59 Å². The molecule has 2 unspecified atom stereocenters. The minimum Gasteiger partial charge on any atom is -0.369 e. The van der Waals surface area contributed by atoms with Crippen molar-refractivity contribution in [2.45, 2.75) is 38.5 Å². The maximum Gasteiger partial charge on any atom is 0.223 e. The largest absolute Gasteiger partial charge is 0.369 e. The van der Waals surface area contributed by atoms with Crippen LogP contribution in [-0.4, -0.2) is 11.7 Å². The highest BCUT2D eigenvalue weighted by Gasteiger charge is 2.57. The minimum absolute atomic E-state index is 0.0983. The molecule has 2 atom stereocenters. The van der Waals surface area contributed by atoms with E-state index in [1.807, 2.05) is 12.1 Å². The molecule has 1 heterocycles. The number of thiophene rings is 1. The Hall–Kier alpha value is -0.680. The summed E-state index contributed by atoms with van der Waals surface area (Å²) in [6.45, 7) is 0. The maximum atomic E-state index is 12.6. The average Bonchev–Trinajstić information content (AvgIpc) is 2.88. The van der Waals surface area contributed by atoms with Crippen LogP contribution in [0.2, 0.25) is 0 Å². The van der Waals surface area contributed by atoms with E-state index in [-0.39, 0.29) is 17.1 Å². The van der Waals surface area contributed by atoms with Crippen LogP contribution in [0.4, 0.5) is 0 Å². The first-order valence-electron chi connectivity index (χ1n) is 8.05. The smallest absolute Gasteiger partial charge is 0.223 e. The van der Waals surface area contributed by atoms with E-state index in [4.69, 9.17) is 5.73 Å². The predicted octanol–water partition coefficient (Wildman–Crippen LogP) is 4.01. The van der Waals surface area contributed by atoms with Crippen LogP contribution in [0.5, 0.6) is 0 Å². The molecule has 1 amide bonds. The zero-order chi connectivity index (χ0) is 15.5. The lowest BCUT2D eigenvalue weighted by molar-refractivity contribution is -0.149. The highest BCUT2D eigenvalue weighted by Crippen LogP contribution is 2.62. The average molecular weight is 382 g/mol. The Kier molecular flexibility index (Phi) is 3.49. The predicted molar refractivity (Wildman–Crippen MR) is 89.6 cm³/mol. The van der Waals surface area contributed by atoms with E-state index in [9.17, 15) is 9.59 Å². The van der Waals surface area contributed by atoms with E-state index in [2.05, 4.69) is 15.9 Å². The highest BCUT2D eigenvalue weighted by molar-refractivity contribution is 9.11. The van der Waals surface area contributed by atoms with Gasteiger partial charge in [0.2, 0.25) is 5.91 Å². The second kappa shape index (κ2) is 5.17. The van der Waals surface area contributed by atoms with Gasteiger partial charge >= 0.3 is 0 Å². The lowest BCUT2D eigenvalue weighted by Crippen LogP contribution is -2.56. The number of ketones is 1. The lowest BCUT2D eigenvalue weighted by atomic mass is 9.45. The Morgan fingerprint density at radius 3 is 2.45 bits per heavy atom. The molecular formula is C17H20BrNO2S. The van der Waals surface area contributed by atoms with Crippen molar-refractivity contribution in [3.63, 3.8) is 0 Å². The van der Waals surface area contributed by atoms with Gasteiger partial charge in [-0.1, -0.05) is 0 Å². The topological polar surface area (TPSA) is 60.2 Å². The van der Waals surface area contributed by atoms with Crippen LogP contribution in [-0.2, 0) is 4.79 Å². The number of nitrogens with two attached hydrogens (primary N) is 1. The summed E-state index contributed by atoms with van der Waals surface area (Å²) in [5, 5.41) is 0. The van der Waals surface area contributed by atoms with Crippen molar-refractivity contribution in [1.82, 2.24) is 0 Å². The van der Waals surface area contributed by atoms with Crippen molar-refractivity contribution < 1.29 is 9.59 Å². The number of hydrogen-bond donors (Lipinski definition) is 1. The summed E-state index contributed by atoms with van der Waals surface area (Å²) in [6, 6.07) is 3.86. The van der Waals surface area contributed by atoms with E-state index >= 15 is 0 Å². The molecule has 0 saturated heterocycles. The summed E-state index contributed by atoms with van der Waals surface area (Å²) in [4.78, 5) is 25.4. The van der Waals surface area contributed by atoms with E-state index in [0.717, 1.165) is 27.9 Å². The van der Waals surface area contributed by atoms with Crippen molar-refractivity contribution in [1.29, 1.82) is 0 Å². The fourth-order valence-electron chi connectivity index (χ4n) is 5.54. The summed E-state index contributed by atoms with van der Waals surface area (Å²) in [6.07, 6.45) is 5.86. The number of rotatable bonds is 4. The Morgan fingerprint density at radius 1 is 1.23 bits per heavy atom. The molecule has 4 bridgehead atoms. The van der Waals surface area contributed by atoms with Crippen molar-refractivity contribution in [3.05, 3.63) is 20.8 Å². The van der Waals surface area contributed by atoms with Crippen LogP contribution in [0, 0.1) is 29.1 Å². The molecule has 0 aliphatic heterocycles. The first-order chi connectivity index (χ1) is 10.5. The second-order valence-electron chi connectivity index (χ2n) is 7.51. The number of Topliss-reactive ketones (excluding diaryl/α,β-unsaturated/α-hetero) is 1. The number of hydrogen-bond acceptors (Lipinski definition) is 3. The van der Waals surface area contributed by atoms with Gasteiger partial charge in [0, 0.05) is 11.8 Å². The standard InChI is InChI=1S/C17H20BrNO2S/c18-15-2-1-14(22-15)13(20)5-12-10-3-9-4-11(12)8-17(6-9,7-10)16(19)21/h1-2,9-12H,3-8H2,(H2,19,21). The van der Waals surface area contributed by atoms with Gasteiger partial charge in [0.05, 0.1) is 8.66 Å². The molecule has 0 aromatic carbocycles. The third-order valence-electron chi connectivity index (χ3n) is 6.26. The minimum atomic E-state index is -0.248. The molecule has 118 valence electrons. The molecule has 4 aliphatic rings. The van der Waals surface area contributed by atoms with Crippen molar-refractivity contribution in [2.24, 2.45) is 34.8 Å². The molecule has 0 spiro atoms. The molecule has 4 saturated carbocycles. The number of carbonyl (C=O) groups is 2. The van der Waals surface area contributed by atoms with Gasteiger partial charge in [-0.2, -0.15) is 0 Å². The number of halogens is 1. The van der Waals surface area contributed by atoms with Crippen LogP contribution in [0.3, 0.4) is 0 Å². The van der Waals surface area contributed by atoms with Crippen LogP contribution in [0.15, 0.2) is 15.9 Å². The van der Waals surface area contributed by atoms with Gasteiger partial charge in [-0.25, -0.2) is 0 Å². The summed E-state index contributed by atoms with van der Waals surface area (Å²) in [5.74, 6) is 2.32. The Bertz CT molecular complexity index is 624. The molecule has 4 aliphatic carbocycles. The summed E-state index contributed by atoms with van der Waals surface area (Å²) >= 11 is 4.94. The van der Waals surface area contributed by atoms with Crippen molar-refractivity contribution in [2.75, 3.05) is 0 Å². The second-order valence-corrected chi connectivity index (χ2v) is 9.97. The molecular weight excluding hydrogens is 362 g/mol. The monoisotopic (exact) mass is 381 g/mol. The number of primary amides is 1. The van der Waals surface area contributed by atoms with Crippen LogP contribution in [0.25, 0.3) is 0 Å². The third-order valence-corrected chi connectivity index (χ3v) is 7.92. The van der Waals surface area contributed by atoms with Crippen LogP contribution in [0.1, 0.15) is 48.2 Å². The summed E-state index contributed by atoms with van der Waals surface area (Å²) < 4.78 is 1.01. The van der Waals surface area contributed by atoms with Gasteiger partial charge in [0.25, 0.3) is 0 Å². The van der Waals surface area contributed by atoms with Crippen LogP contribution >= 0.6 is 27.3 Å². The fourth-order valence-corrected chi connectivity index (χ4v) is 6.88. The van der Waals surface area contributed by atoms with Gasteiger partial charge in [-0.05, 0) is 83.8 Å². The fraction of sp³-hybridized carbons (Fsp3) is 0.647. The van der Waals surface area contributed by atoms with Gasteiger partial charge < -0.3 is 5.73 Å². The Morgan fingerprint density at radius 2 is 1.91 bits per heavy atom. The summed E-state index contributed by atoms with van der Waals surface area (Å²) in [7, 11) is 0. The highest BCUT2D eigenvalue weighted by atomic mass is 79.9. The van der Waals surface area contributed by atoms with Crippen molar-refractivity contribution in [3.8, 4) is 0 Å². The molecule has 2 N–H and O–H groups in total. The number of carbonyl (C=O) groups excluding carboxylic acids is 2. The first-order valence-corrected chi connectivity index (χ1v) is 9.66. The van der Waals surface area contributed by atoms with Crippen LogP contribution < -0.4 is 5.73 Å². The van der Waals surface area contributed by atoms with Crippen molar-refractivity contribution >= 4 is 39.0 Å². The SMILES string of the molecule is NC(=O)C12CC3CC(C1)C(CC(=O)c1ccc(Br)s1)C(C3)C2. The van der Waals surface area contributed by atoms with E-state index in [0.29, 0.717) is 30.1 Å². The molecule has 0 radical (unpaired) electrons. The van der Waals surface area contributed by atoms with Gasteiger partial charge in [-0.15, -0.1) is 11.3 Å². The maximum absolute atomic E-state index is 12.6. The molecule has 22 heavy (non-hydrogen) atoms. The molecule has 5 rings (SSSR count). The molecule has 1 aromatic rings. The summed E-state index contributed by atoms with van der Waals surface area (Å²) in [5.41, 5.74) is 5.47.